The fraction of sp³-hybridized carbons (Fsp3) is 0.294. The molecule has 0 heterocycles. The lowest BCUT2D eigenvalue weighted by molar-refractivity contribution is 0.213. The molecule has 0 saturated carbocycles. The Morgan fingerprint density at radius 2 is 1.44 bits per heavy atom. The van der Waals surface area contributed by atoms with E-state index in [9.17, 15) is 0 Å². The zero-order valence-corrected chi connectivity index (χ0v) is 11.2. The highest BCUT2D eigenvalue weighted by Crippen LogP contribution is 2.21. The van der Waals surface area contributed by atoms with Gasteiger partial charge in [-0.15, -0.1) is 0 Å². The van der Waals surface area contributed by atoms with Crippen LogP contribution in [0.4, 0.5) is 0 Å². The quantitative estimate of drug-likeness (QED) is 0.753. The molecule has 0 aromatic heterocycles. The molecule has 0 fully saturated rings. The van der Waals surface area contributed by atoms with E-state index in [0.717, 1.165) is 13.1 Å². The lowest BCUT2D eigenvalue weighted by Crippen LogP contribution is -2.26. The predicted octanol–water partition coefficient (Wildman–Crippen LogP) is 4.27. The van der Waals surface area contributed by atoms with Gasteiger partial charge in [-0.05, 0) is 24.6 Å². The number of hydrogen-bond acceptors (Lipinski definition) is 1. The molecule has 1 nitrogen and oxygen atoms in total. The third-order valence-corrected chi connectivity index (χ3v) is 3.46. The summed E-state index contributed by atoms with van der Waals surface area (Å²) in [6.45, 7) is 6.57. The van der Waals surface area contributed by atoms with Crippen LogP contribution in [0.3, 0.4) is 0 Å². The Morgan fingerprint density at radius 1 is 0.889 bits per heavy atom. The van der Waals surface area contributed by atoms with E-state index in [1.807, 2.05) is 0 Å². The Kier molecular flexibility index (Phi) is 4.54. The molecule has 1 atom stereocenters. The van der Waals surface area contributed by atoms with Crippen LogP contribution < -0.4 is 0 Å². The molecule has 0 aliphatic heterocycles. The van der Waals surface area contributed by atoms with E-state index in [0.29, 0.717) is 6.04 Å². The summed E-state index contributed by atoms with van der Waals surface area (Å²) < 4.78 is 0. The molecule has 0 spiro atoms. The van der Waals surface area contributed by atoms with Gasteiger partial charge in [0.25, 0.3) is 0 Å². The predicted molar refractivity (Wildman–Crippen MR) is 77.4 cm³/mol. The molecule has 1 unspecified atom stereocenters. The van der Waals surface area contributed by atoms with E-state index in [1.165, 1.54) is 11.1 Å². The topological polar surface area (TPSA) is 3.24 Å². The number of nitrogens with zero attached hydrogens (tertiary/aromatic N) is 1. The van der Waals surface area contributed by atoms with Crippen LogP contribution in [0.15, 0.2) is 60.7 Å². The smallest absolute Gasteiger partial charge is 0.0323 e. The van der Waals surface area contributed by atoms with Crippen LogP contribution in [-0.2, 0) is 6.54 Å². The van der Waals surface area contributed by atoms with E-state index in [2.05, 4.69) is 79.4 Å². The van der Waals surface area contributed by atoms with Crippen molar-refractivity contribution >= 4 is 0 Å². The second kappa shape index (κ2) is 6.36. The number of benzene rings is 2. The Labute approximate surface area is 110 Å². The molecule has 2 aromatic rings. The van der Waals surface area contributed by atoms with Gasteiger partial charge in [0, 0.05) is 12.6 Å². The molecule has 0 saturated heterocycles. The zero-order valence-electron chi connectivity index (χ0n) is 11.2. The monoisotopic (exact) mass is 239 g/mol. The lowest BCUT2D eigenvalue weighted by atomic mass is 10.1. The first-order valence-electron chi connectivity index (χ1n) is 6.64. The van der Waals surface area contributed by atoms with Crippen molar-refractivity contribution in [3.05, 3.63) is 71.8 Å². The van der Waals surface area contributed by atoms with Crippen LogP contribution >= 0.6 is 0 Å². The van der Waals surface area contributed by atoms with Gasteiger partial charge in [0.15, 0.2) is 0 Å². The standard InChI is InChI=1S/C17H21N/c1-3-18(14-16-10-6-4-7-11-16)15(2)17-12-8-5-9-13-17/h4-13,15H,3,14H2,1-2H3. The largest absolute Gasteiger partial charge is 0.293 e. The normalized spacial score (nSPS) is 12.6. The number of hydrogen-bond donors (Lipinski definition) is 0. The Balaban J connectivity index is 2.09. The minimum absolute atomic E-state index is 0.455. The maximum absolute atomic E-state index is 2.49. The summed E-state index contributed by atoms with van der Waals surface area (Å²) >= 11 is 0. The maximum atomic E-state index is 2.49. The highest BCUT2D eigenvalue weighted by Gasteiger charge is 2.13. The van der Waals surface area contributed by atoms with Crippen LogP contribution in [-0.4, -0.2) is 11.4 Å². The number of rotatable bonds is 5. The third-order valence-electron chi connectivity index (χ3n) is 3.46. The summed E-state index contributed by atoms with van der Waals surface area (Å²) in [4.78, 5) is 2.49. The van der Waals surface area contributed by atoms with Crippen molar-refractivity contribution in [2.75, 3.05) is 6.54 Å². The van der Waals surface area contributed by atoms with Gasteiger partial charge in [-0.3, -0.25) is 4.90 Å². The van der Waals surface area contributed by atoms with Gasteiger partial charge in [0.05, 0.1) is 0 Å². The highest BCUT2D eigenvalue weighted by molar-refractivity contribution is 5.19. The van der Waals surface area contributed by atoms with Gasteiger partial charge in [-0.2, -0.15) is 0 Å². The molecular weight excluding hydrogens is 218 g/mol. The molecular formula is C17H21N. The lowest BCUT2D eigenvalue weighted by Gasteiger charge is -2.28. The Morgan fingerprint density at radius 3 is 2.00 bits per heavy atom. The third kappa shape index (κ3) is 3.21. The van der Waals surface area contributed by atoms with Crippen LogP contribution in [0.25, 0.3) is 0 Å². The molecule has 2 rings (SSSR count). The highest BCUT2D eigenvalue weighted by atomic mass is 15.1. The molecule has 2 aromatic carbocycles. The van der Waals surface area contributed by atoms with Crippen LogP contribution in [0, 0.1) is 0 Å². The van der Waals surface area contributed by atoms with Crippen LogP contribution in [0.2, 0.25) is 0 Å². The molecule has 0 radical (unpaired) electrons. The Hall–Kier alpha value is -1.60. The van der Waals surface area contributed by atoms with E-state index in [4.69, 9.17) is 0 Å². The minimum Gasteiger partial charge on any atom is -0.293 e. The molecule has 18 heavy (non-hydrogen) atoms. The van der Waals surface area contributed by atoms with Crippen molar-refractivity contribution < 1.29 is 0 Å². The van der Waals surface area contributed by atoms with Gasteiger partial charge in [-0.1, -0.05) is 67.6 Å². The summed E-state index contributed by atoms with van der Waals surface area (Å²) in [6.07, 6.45) is 0. The second-order valence-corrected chi connectivity index (χ2v) is 4.64. The molecule has 0 aliphatic carbocycles. The van der Waals surface area contributed by atoms with Crippen molar-refractivity contribution in [1.82, 2.24) is 4.90 Å². The first kappa shape index (κ1) is 12.8. The first-order valence-corrected chi connectivity index (χ1v) is 6.64. The van der Waals surface area contributed by atoms with Crippen molar-refractivity contribution in [2.24, 2.45) is 0 Å². The fourth-order valence-electron chi connectivity index (χ4n) is 2.28. The van der Waals surface area contributed by atoms with Gasteiger partial charge in [0.2, 0.25) is 0 Å². The van der Waals surface area contributed by atoms with E-state index >= 15 is 0 Å². The molecule has 0 bridgehead atoms. The van der Waals surface area contributed by atoms with Crippen molar-refractivity contribution in [3.63, 3.8) is 0 Å². The molecule has 0 amide bonds. The molecule has 0 aliphatic rings. The van der Waals surface area contributed by atoms with Crippen LogP contribution in [0.1, 0.15) is 31.0 Å². The van der Waals surface area contributed by atoms with Gasteiger partial charge < -0.3 is 0 Å². The van der Waals surface area contributed by atoms with E-state index < -0.39 is 0 Å². The zero-order chi connectivity index (χ0) is 12.8. The summed E-state index contributed by atoms with van der Waals surface area (Å²) in [7, 11) is 0. The average Bonchev–Trinajstić information content (AvgIpc) is 2.46. The van der Waals surface area contributed by atoms with Gasteiger partial charge in [-0.25, -0.2) is 0 Å². The van der Waals surface area contributed by atoms with Crippen molar-refractivity contribution in [2.45, 2.75) is 26.4 Å². The average molecular weight is 239 g/mol. The summed E-state index contributed by atoms with van der Waals surface area (Å²) in [6, 6.07) is 21.8. The van der Waals surface area contributed by atoms with Crippen molar-refractivity contribution in [1.29, 1.82) is 0 Å². The maximum Gasteiger partial charge on any atom is 0.0323 e. The molecule has 94 valence electrons. The fourth-order valence-corrected chi connectivity index (χ4v) is 2.28. The Bertz CT molecular complexity index is 450. The second-order valence-electron chi connectivity index (χ2n) is 4.64. The molecule has 0 N–H and O–H groups in total. The van der Waals surface area contributed by atoms with E-state index in [-0.39, 0.29) is 0 Å². The summed E-state index contributed by atoms with van der Waals surface area (Å²) in [5.41, 5.74) is 2.76. The first-order chi connectivity index (χ1) is 8.81. The SMILES string of the molecule is CCN(Cc1ccccc1)C(C)c1ccccc1. The van der Waals surface area contributed by atoms with Crippen LogP contribution in [0.5, 0.6) is 0 Å². The van der Waals surface area contributed by atoms with Gasteiger partial charge >= 0.3 is 0 Å². The summed E-state index contributed by atoms with van der Waals surface area (Å²) in [5.74, 6) is 0. The van der Waals surface area contributed by atoms with Crippen molar-refractivity contribution in [3.8, 4) is 0 Å². The van der Waals surface area contributed by atoms with Gasteiger partial charge in [0.1, 0.15) is 0 Å². The summed E-state index contributed by atoms with van der Waals surface area (Å²) in [5, 5.41) is 0. The van der Waals surface area contributed by atoms with E-state index in [1.54, 1.807) is 0 Å². The minimum atomic E-state index is 0.455. The molecule has 1 heteroatoms.